The minimum Gasteiger partial charge on any atom is -0.493 e. The topological polar surface area (TPSA) is 54.2 Å². The fraction of sp³-hybridized carbons (Fsp3) is 0.263. The fourth-order valence-corrected chi connectivity index (χ4v) is 3.29. The van der Waals surface area contributed by atoms with Crippen molar-refractivity contribution < 1.29 is 18.3 Å². The van der Waals surface area contributed by atoms with Crippen LogP contribution in [-0.2, 0) is 25.7 Å². The van der Waals surface area contributed by atoms with Crippen LogP contribution in [0.15, 0.2) is 48.7 Å². The van der Waals surface area contributed by atoms with Crippen LogP contribution in [0, 0.1) is 0 Å². The molecule has 8 heteroatoms. The van der Waals surface area contributed by atoms with E-state index < -0.39 is 11.7 Å². The van der Waals surface area contributed by atoms with E-state index in [0.29, 0.717) is 43.0 Å². The van der Waals surface area contributed by atoms with Gasteiger partial charge in [0.25, 0.3) is 0 Å². The van der Waals surface area contributed by atoms with Crippen molar-refractivity contribution in [3.05, 3.63) is 71.0 Å². The number of nitrogens with zero attached hydrogens (tertiary/aromatic N) is 4. The summed E-state index contributed by atoms with van der Waals surface area (Å²) in [6.07, 6.45) is -2.12. The summed E-state index contributed by atoms with van der Waals surface area (Å²) in [4.78, 5) is 6.20. The summed E-state index contributed by atoms with van der Waals surface area (Å²) in [6.45, 7) is 1.45. The molecule has 140 valence electrons. The Balaban J connectivity index is 1.55. The lowest BCUT2D eigenvalue weighted by molar-refractivity contribution is -0.137. The molecule has 5 nitrogen and oxygen atoms in total. The second-order valence-corrected chi connectivity index (χ2v) is 6.51. The number of alkyl halides is 3. The number of aromatic hydroxyl groups is 1. The molecule has 4 rings (SSSR count). The lowest BCUT2D eigenvalue weighted by Crippen LogP contribution is -2.29. The minimum atomic E-state index is -4.35. The van der Waals surface area contributed by atoms with E-state index in [1.54, 1.807) is 24.4 Å². The van der Waals surface area contributed by atoms with Crippen LogP contribution in [0.25, 0.3) is 5.82 Å². The smallest absolute Gasteiger partial charge is 0.416 e. The summed E-state index contributed by atoms with van der Waals surface area (Å²) in [5.74, 6) is 0.547. The second-order valence-electron chi connectivity index (χ2n) is 6.51. The van der Waals surface area contributed by atoms with Gasteiger partial charge >= 0.3 is 6.18 Å². The highest BCUT2D eigenvalue weighted by molar-refractivity contribution is 5.38. The summed E-state index contributed by atoms with van der Waals surface area (Å²) in [5, 5.41) is 15.0. The monoisotopic (exact) mass is 374 g/mol. The molecular weight excluding hydrogens is 357 g/mol. The standard InChI is InChI=1S/C19H17F3N4O/c20-19(21,22)14-5-3-4-13(10-14)11-25-9-7-16-15(12-25)18(27)26(24-16)17-6-1-2-8-23-17/h1-6,8,10,27H,7,9,11-12H2. The van der Waals surface area contributed by atoms with Gasteiger partial charge in [-0.15, -0.1) is 0 Å². The zero-order chi connectivity index (χ0) is 19.0. The van der Waals surface area contributed by atoms with E-state index in [1.165, 1.54) is 16.8 Å². The molecule has 0 unspecified atom stereocenters. The third-order valence-electron chi connectivity index (χ3n) is 4.61. The van der Waals surface area contributed by atoms with Gasteiger partial charge in [-0.25, -0.2) is 4.98 Å². The molecule has 0 saturated heterocycles. The maximum absolute atomic E-state index is 12.9. The van der Waals surface area contributed by atoms with E-state index in [0.717, 1.165) is 11.8 Å². The number of halogens is 3. The zero-order valence-corrected chi connectivity index (χ0v) is 14.3. The molecule has 2 aromatic heterocycles. The van der Waals surface area contributed by atoms with E-state index in [-0.39, 0.29) is 5.88 Å². The van der Waals surface area contributed by atoms with Gasteiger partial charge in [0.1, 0.15) is 0 Å². The Kier molecular flexibility index (Phi) is 4.35. The van der Waals surface area contributed by atoms with Crippen molar-refractivity contribution in [3.8, 4) is 11.7 Å². The molecule has 1 N–H and O–H groups in total. The molecule has 1 aromatic carbocycles. The van der Waals surface area contributed by atoms with Gasteiger partial charge in [-0.2, -0.15) is 23.0 Å². The van der Waals surface area contributed by atoms with Gasteiger partial charge in [-0.05, 0) is 23.8 Å². The van der Waals surface area contributed by atoms with Crippen LogP contribution in [0.1, 0.15) is 22.4 Å². The Morgan fingerprint density at radius 2 is 1.96 bits per heavy atom. The lowest BCUT2D eigenvalue weighted by Gasteiger charge is -2.26. The fourth-order valence-electron chi connectivity index (χ4n) is 3.29. The summed E-state index contributed by atoms with van der Waals surface area (Å²) < 4.78 is 40.1. The van der Waals surface area contributed by atoms with Gasteiger partial charge in [0.15, 0.2) is 5.82 Å². The SMILES string of the molecule is Oc1c2c(nn1-c1ccccn1)CCN(Cc1cccc(C(F)(F)F)c1)C2. The maximum Gasteiger partial charge on any atom is 0.416 e. The zero-order valence-electron chi connectivity index (χ0n) is 14.3. The van der Waals surface area contributed by atoms with Crippen LogP contribution in [0.3, 0.4) is 0 Å². The predicted octanol–water partition coefficient (Wildman–Crippen LogP) is 3.55. The first-order valence-electron chi connectivity index (χ1n) is 8.51. The molecule has 0 amide bonds. The number of pyridine rings is 1. The van der Waals surface area contributed by atoms with E-state index in [2.05, 4.69) is 10.1 Å². The van der Waals surface area contributed by atoms with Crippen molar-refractivity contribution in [2.75, 3.05) is 6.54 Å². The molecule has 0 atom stereocenters. The predicted molar refractivity (Wildman–Crippen MR) is 92.3 cm³/mol. The summed E-state index contributed by atoms with van der Waals surface area (Å²) in [7, 11) is 0. The van der Waals surface area contributed by atoms with Crippen molar-refractivity contribution in [1.82, 2.24) is 19.7 Å². The first-order valence-corrected chi connectivity index (χ1v) is 8.51. The van der Waals surface area contributed by atoms with Crippen molar-refractivity contribution in [3.63, 3.8) is 0 Å². The number of benzene rings is 1. The first kappa shape index (κ1) is 17.5. The molecule has 1 aliphatic heterocycles. The Bertz CT molecular complexity index is 953. The number of hydrogen-bond acceptors (Lipinski definition) is 4. The molecule has 0 bridgehead atoms. The molecule has 0 radical (unpaired) electrons. The van der Waals surface area contributed by atoms with Gasteiger partial charge in [-0.3, -0.25) is 4.90 Å². The number of hydrogen-bond donors (Lipinski definition) is 1. The van der Waals surface area contributed by atoms with Crippen LogP contribution < -0.4 is 0 Å². The highest BCUT2D eigenvalue weighted by Crippen LogP contribution is 2.32. The molecule has 0 saturated carbocycles. The van der Waals surface area contributed by atoms with Gasteiger partial charge in [-0.1, -0.05) is 24.3 Å². The highest BCUT2D eigenvalue weighted by Gasteiger charge is 2.31. The van der Waals surface area contributed by atoms with Crippen LogP contribution in [0.5, 0.6) is 5.88 Å². The summed E-state index contributed by atoms with van der Waals surface area (Å²) in [5.41, 5.74) is 1.42. The van der Waals surface area contributed by atoms with E-state index in [9.17, 15) is 18.3 Å². The van der Waals surface area contributed by atoms with Gasteiger partial charge < -0.3 is 5.11 Å². The van der Waals surface area contributed by atoms with Gasteiger partial charge in [0, 0.05) is 32.3 Å². The van der Waals surface area contributed by atoms with Crippen molar-refractivity contribution in [2.24, 2.45) is 0 Å². The average molecular weight is 374 g/mol. The summed E-state index contributed by atoms with van der Waals surface area (Å²) in [6, 6.07) is 10.7. The van der Waals surface area contributed by atoms with Gasteiger partial charge in [0.05, 0.1) is 16.8 Å². The minimum absolute atomic E-state index is 0.0254. The van der Waals surface area contributed by atoms with E-state index in [4.69, 9.17) is 0 Å². The van der Waals surface area contributed by atoms with Crippen LogP contribution >= 0.6 is 0 Å². The molecule has 3 heterocycles. The lowest BCUT2D eigenvalue weighted by atomic mass is 10.1. The highest BCUT2D eigenvalue weighted by atomic mass is 19.4. The Labute approximate surface area is 153 Å². The Morgan fingerprint density at radius 3 is 2.70 bits per heavy atom. The summed E-state index contributed by atoms with van der Waals surface area (Å²) >= 11 is 0. The average Bonchev–Trinajstić information content (AvgIpc) is 2.98. The first-order chi connectivity index (χ1) is 12.9. The maximum atomic E-state index is 12.9. The number of aromatic nitrogens is 3. The second kappa shape index (κ2) is 6.70. The number of rotatable bonds is 3. The quantitative estimate of drug-likeness (QED) is 0.762. The molecule has 0 spiro atoms. The van der Waals surface area contributed by atoms with Crippen molar-refractivity contribution in [2.45, 2.75) is 25.7 Å². The molecule has 3 aromatic rings. The van der Waals surface area contributed by atoms with Crippen LogP contribution in [0.4, 0.5) is 13.2 Å². The third-order valence-corrected chi connectivity index (χ3v) is 4.61. The van der Waals surface area contributed by atoms with E-state index >= 15 is 0 Å². The third kappa shape index (κ3) is 3.52. The van der Waals surface area contributed by atoms with Crippen molar-refractivity contribution >= 4 is 0 Å². The van der Waals surface area contributed by atoms with Crippen LogP contribution in [-0.4, -0.2) is 31.3 Å². The number of fused-ring (bicyclic) bond motifs is 1. The van der Waals surface area contributed by atoms with E-state index in [1.807, 2.05) is 11.0 Å². The molecule has 27 heavy (non-hydrogen) atoms. The van der Waals surface area contributed by atoms with Crippen LogP contribution in [0.2, 0.25) is 0 Å². The van der Waals surface area contributed by atoms with Gasteiger partial charge in [0.2, 0.25) is 5.88 Å². The molecule has 0 aliphatic carbocycles. The molecule has 0 fully saturated rings. The normalized spacial score (nSPS) is 14.9. The Hall–Kier alpha value is -2.87. The van der Waals surface area contributed by atoms with Crippen molar-refractivity contribution in [1.29, 1.82) is 0 Å². The Morgan fingerprint density at radius 1 is 1.11 bits per heavy atom. The molecular formula is C19H17F3N4O. The molecule has 1 aliphatic rings. The largest absolute Gasteiger partial charge is 0.493 e.